The zero-order valence-corrected chi connectivity index (χ0v) is 17.7. The molecule has 1 heterocycles. The van der Waals surface area contributed by atoms with E-state index in [-0.39, 0.29) is 11.8 Å². The van der Waals surface area contributed by atoms with Crippen molar-refractivity contribution in [2.24, 2.45) is 10.9 Å². The predicted molar refractivity (Wildman–Crippen MR) is 117 cm³/mol. The molecule has 152 valence electrons. The number of carbonyl (C=O) groups is 2. The predicted octanol–water partition coefficient (Wildman–Crippen LogP) is 4.29. The Bertz CT molecular complexity index is 916. The molecule has 0 radical (unpaired) electrons. The smallest absolute Gasteiger partial charge is 0.269 e. The second-order valence-electron chi connectivity index (χ2n) is 6.87. The lowest BCUT2D eigenvalue weighted by atomic mass is 10.1. The van der Waals surface area contributed by atoms with Crippen molar-refractivity contribution in [3.63, 3.8) is 0 Å². The van der Waals surface area contributed by atoms with E-state index < -0.39 is 5.92 Å². The lowest BCUT2D eigenvalue weighted by Gasteiger charge is -2.13. The Morgan fingerprint density at radius 2 is 1.93 bits per heavy atom. The van der Waals surface area contributed by atoms with Gasteiger partial charge in [0.1, 0.15) is 11.6 Å². The molecule has 1 fully saturated rings. The summed E-state index contributed by atoms with van der Waals surface area (Å²) in [6.45, 7) is 3.32. The monoisotopic (exact) mass is 431 g/mol. The van der Waals surface area contributed by atoms with Crippen molar-refractivity contribution >= 4 is 46.4 Å². The molecule has 1 saturated heterocycles. The van der Waals surface area contributed by atoms with Crippen LogP contribution in [0.3, 0.4) is 0 Å². The van der Waals surface area contributed by atoms with Crippen LogP contribution in [-0.4, -0.2) is 42.1 Å². The highest BCUT2D eigenvalue weighted by Crippen LogP contribution is 2.23. The van der Waals surface area contributed by atoms with Crippen molar-refractivity contribution in [1.82, 2.24) is 10.2 Å². The Kier molecular flexibility index (Phi) is 7.29. The molecule has 1 N–H and O–H groups in total. The van der Waals surface area contributed by atoms with Crippen LogP contribution in [0.5, 0.6) is 0 Å². The molecule has 2 aromatic carbocycles. The molecule has 29 heavy (non-hydrogen) atoms. The third-order valence-corrected chi connectivity index (χ3v) is 5.61. The first-order valence-electron chi connectivity index (χ1n) is 9.64. The van der Waals surface area contributed by atoms with Gasteiger partial charge in [-0.2, -0.15) is 0 Å². The number of aliphatic imine (C=N–C) groups is 1. The van der Waals surface area contributed by atoms with Crippen LogP contribution in [0.25, 0.3) is 0 Å². The molecular formula is C22H23Cl2N3O2. The van der Waals surface area contributed by atoms with Gasteiger partial charge in [0.05, 0.1) is 15.7 Å². The van der Waals surface area contributed by atoms with Crippen LogP contribution in [-0.2, 0) is 16.0 Å². The van der Waals surface area contributed by atoms with Gasteiger partial charge in [-0.25, -0.2) is 4.99 Å². The third-order valence-electron chi connectivity index (χ3n) is 4.87. The van der Waals surface area contributed by atoms with E-state index in [4.69, 9.17) is 23.2 Å². The van der Waals surface area contributed by atoms with Crippen molar-refractivity contribution in [2.75, 3.05) is 19.6 Å². The van der Waals surface area contributed by atoms with Crippen molar-refractivity contribution < 1.29 is 9.59 Å². The molecule has 2 amide bonds. The number of nitrogens with one attached hydrogen (secondary N) is 1. The van der Waals surface area contributed by atoms with E-state index in [9.17, 15) is 9.59 Å². The SMILES string of the molecule is CCN1CC(C(=O)NCCCc2ccc(Cl)c(Cl)c2)C(=Nc2ccccc2)C1=O. The molecule has 0 aromatic heterocycles. The minimum atomic E-state index is -0.562. The van der Waals surface area contributed by atoms with Gasteiger partial charge in [-0.3, -0.25) is 9.59 Å². The van der Waals surface area contributed by atoms with Gasteiger partial charge in [-0.1, -0.05) is 47.5 Å². The number of hydrogen-bond acceptors (Lipinski definition) is 3. The minimum absolute atomic E-state index is 0.168. The average molecular weight is 432 g/mol. The topological polar surface area (TPSA) is 61.8 Å². The molecule has 1 aliphatic heterocycles. The van der Waals surface area contributed by atoms with Gasteiger partial charge in [0.15, 0.2) is 0 Å². The summed E-state index contributed by atoms with van der Waals surface area (Å²) < 4.78 is 0. The van der Waals surface area contributed by atoms with Gasteiger partial charge >= 0.3 is 0 Å². The van der Waals surface area contributed by atoms with Crippen LogP contribution in [0.1, 0.15) is 18.9 Å². The maximum absolute atomic E-state index is 12.8. The Morgan fingerprint density at radius 1 is 1.17 bits per heavy atom. The van der Waals surface area contributed by atoms with Crippen LogP contribution in [0.4, 0.5) is 5.69 Å². The number of amides is 2. The van der Waals surface area contributed by atoms with E-state index in [1.807, 2.05) is 49.4 Å². The summed E-state index contributed by atoms with van der Waals surface area (Å²) in [4.78, 5) is 31.5. The molecule has 1 unspecified atom stereocenters. The number of likely N-dealkylation sites (tertiary alicyclic amines) is 1. The van der Waals surface area contributed by atoms with Crippen LogP contribution in [0, 0.1) is 5.92 Å². The molecule has 0 aliphatic carbocycles. The number of halogens is 2. The van der Waals surface area contributed by atoms with E-state index in [0.717, 1.165) is 18.4 Å². The first-order chi connectivity index (χ1) is 14.0. The van der Waals surface area contributed by atoms with E-state index in [2.05, 4.69) is 10.3 Å². The minimum Gasteiger partial charge on any atom is -0.355 e. The lowest BCUT2D eigenvalue weighted by Crippen LogP contribution is -2.36. The summed E-state index contributed by atoms with van der Waals surface area (Å²) in [7, 11) is 0. The zero-order chi connectivity index (χ0) is 20.8. The maximum Gasteiger partial charge on any atom is 0.269 e. The van der Waals surface area contributed by atoms with Crippen LogP contribution >= 0.6 is 23.2 Å². The first-order valence-corrected chi connectivity index (χ1v) is 10.4. The largest absolute Gasteiger partial charge is 0.355 e. The van der Waals surface area contributed by atoms with Gasteiger partial charge in [0, 0.05) is 19.6 Å². The Morgan fingerprint density at radius 3 is 2.62 bits per heavy atom. The number of para-hydroxylation sites is 1. The molecule has 2 aromatic rings. The van der Waals surface area contributed by atoms with Gasteiger partial charge in [-0.15, -0.1) is 0 Å². The van der Waals surface area contributed by atoms with Crippen LogP contribution in [0.15, 0.2) is 53.5 Å². The van der Waals surface area contributed by atoms with E-state index in [0.29, 0.717) is 41.1 Å². The summed E-state index contributed by atoms with van der Waals surface area (Å²) >= 11 is 12.0. The van der Waals surface area contributed by atoms with Gasteiger partial charge in [-0.05, 0) is 49.6 Å². The first kappa shape index (κ1) is 21.3. The number of rotatable bonds is 7. The standard InChI is InChI=1S/C22H23Cl2N3O2/c1-2-27-14-17(20(22(27)29)26-16-8-4-3-5-9-16)21(28)25-12-6-7-15-10-11-18(23)19(24)13-15/h3-5,8-11,13,17H,2,6-7,12,14H2,1H3,(H,25,28). The molecular weight excluding hydrogens is 409 g/mol. The van der Waals surface area contributed by atoms with Crippen molar-refractivity contribution in [2.45, 2.75) is 19.8 Å². The molecule has 0 saturated carbocycles. The Hall–Kier alpha value is -2.37. The highest BCUT2D eigenvalue weighted by molar-refractivity contribution is 6.45. The van der Waals surface area contributed by atoms with Crippen LogP contribution in [0.2, 0.25) is 10.0 Å². The summed E-state index contributed by atoms with van der Waals surface area (Å²) in [6, 6.07) is 14.8. The maximum atomic E-state index is 12.8. The Labute approximate surface area is 180 Å². The molecule has 1 atom stereocenters. The fourth-order valence-corrected chi connectivity index (χ4v) is 3.59. The van der Waals surface area contributed by atoms with Gasteiger partial charge in [0.2, 0.25) is 5.91 Å². The normalized spacial score (nSPS) is 17.8. The summed E-state index contributed by atoms with van der Waals surface area (Å²) in [5.74, 6) is -0.905. The van der Waals surface area contributed by atoms with Gasteiger partial charge in [0.25, 0.3) is 5.91 Å². The fourth-order valence-electron chi connectivity index (χ4n) is 3.27. The second-order valence-corrected chi connectivity index (χ2v) is 7.69. The Balaban J connectivity index is 1.61. The number of hydrogen-bond donors (Lipinski definition) is 1. The molecule has 7 heteroatoms. The lowest BCUT2D eigenvalue weighted by molar-refractivity contribution is -0.123. The summed E-state index contributed by atoms with van der Waals surface area (Å²) in [6.07, 6.45) is 1.53. The van der Waals surface area contributed by atoms with Crippen molar-refractivity contribution in [1.29, 1.82) is 0 Å². The molecule has 5 nitrogen and oxygen atoms in total. The van der Waals surface area contributed by atoms with Crippen molar-refractivity contribution in [3.8, 4) is 0 Å². The highest BCUT2D eigenvalue weighted by Gasteiger charge is 2.40. The number of benzene rings is 2. The molecule has 3 rings (SSSR count). The van der Waals surface area contributed by atoms with E-state index in [1.54, 1.807) is 11.0 Å². The fraction of sp³-hybridized carbons (Fsp3) is 0.318. The average Bonchev–Trinajstić information content (AvgIpc) is 3.04. The van der Waals surface area contributed by atoms with Crippen molar-refractivity contribution in [3.05, 3.63) is 64.1 Å². The quantitative estimate of drug-likeness (QED) is 0.664. The summed E-state index contributed by atoms with van der Waals surface area (Å²) in [5, 5.41) is 4.00. The van der Waals surface area contributed by atoms with E-state index >= 15 is 0 Å². The number of carbonyl (C=O) groups excluding carboxylic acids is 2. The number of nitrogens with zero attached hydrogens (tertiary/aromatic N) is 2. The number of aryl methyl sites for hydroxylation is 1. The third kappa shape index (κ3) is 5.37. The second kappa shape index (κ2) is 9.90. The van der Waals surface area contributed by atoms with E-state index in [1.165, 1.54) is 0 Å². The molecule has 0 spiro atoms. The highest BCUT2D eigenvalue weighted by atomic mass is 35.5. The molecule has 1 aliphatic rings. The molecule has 0 bridgehead atoms. The van der Waals surface area contributed by atoms with Gasteiger partial charge < -0.3 is 10.2 Å². The van der Waals surface area contributed by atoms with Crippen LogP contribution < -0.4 is 5.32 Å². The summed E-state index contributed by atoms with van der Waals surface area (Å²) in [5.41, 5.74) is 2.04. The zero-order valence-electron chi connectivity index (χ0n) is 16.2.